The molecular weight excluding hydrogens is 474 g/mol. The van der Waals surface area contributed by atoms with E-state index in [1.165, 1.54) is 36.6 Å². The number of fused-ring (bicyclic) bond motifs is 2. The molecule has 1 saturated carbocycles. The highest BCUT2D eigenvalue weighted by molar-refractivity contribution is 5.76. The number of amides is 1. The molecule has 0 radical (unpaired) electrons. The van der Waals surface area contributed by atoms with Crippen molar-refractivity contribution >= 4 is 11.9 Å². The Labute approximate surface area is 228 Å². The Morgan fingerprint density at radius 3 is 2.47 bits per heavy atom. The van der Waals surface area contributed by atoms with Gasteiger partial charge in [-0.2, -0.15) is 0 Å². The van der Waals surface area contributed by atoms with Gasteiger partial charge in [0.25, 0.3) is 0 Å². The number of nitrogens with one attached hydrogen (secondary N) is 1. The zero-order valence-electron chi connectivity index (χ0n) is 23.0. The fourth-order valence-corrected chi connectivity index (χ4v) is 6.23. The summed E-state index contributed by atoms with van der Waals surface area (Å²) in [5.74, 6) is 0.243. The normalized spacial score (nSPS) is 24.1. The van der Waals surface area contributed by atoms with Crippen LogP contribution in [0.25, 0.3) is 11.1 Å². The van der Waals surface area contributed by atoms with Crippen LogP contribution in [0, 0.1) is 5.92 Å². The van der Waals surface area contributed by atoms with Gasteiger partial charge in [-0.05, 0) is 54.7 Å². The fourth-order valence-electron chi connectivity index (χ4n) is 6.23. The second-order valence-corrected chi connectivity index (χ2v) is 10.8. The van der Waals surface area contributed by atoms with E-state index in [-0.39, 0.29) is 35.4 Å². The molecule has 2 aromatic carbocycles. The molecule has 2 aromatic rings. The standard InChI is InChI=1S/C33H43NO4/c1-3-4-5-12-17-30(35)34-32-28(16-11-6-7-13-18-31(36)37-2)33(23-29(32)38-24-33)27-21-19-26(20-22-27)25-14-9-8-10-15-25/h6,8-11,14-15,19-22,28-29,32H,3-5,7,12-13,16-18,23-24H2,1-2H3,(H,34,35)/t28-,29-,32-,33-/m0/s1. The number of rotatable bonds is 14. The molecule has 2 fully saturated rings. The minimum Gasteiger partial charge on any atom is -0.469 e. The first-order chi connectivity index (χ1) is 18.6. The lowest BCUT2D eigenvalue weighted by atomic mass is 9.70. The Balaban J connectivity index is 1.49. The number of carbonyl (C=O) groups is 2. The average Bonchev–Trinajstić information content (AvgIpc) is 3.52. The summed E-state index contributed by atoms with van der Waals surface area (Å²) in [5, 5.41) is 3.38. The fraction of sp³-hybridized carbons (Fsp3) is 0.515. The van der Waals surface area contributed by atoms with Crippen molar-refractivity contribution in [1.82, 2.24) is 5.32 Å². The highest BCUT2D eigenvalue weighted by atomic mass is 16.5. The molecule has 1 N–H and O–H groups in total. The number of benzene rings is 2. The van der Waals surface area contributed by atoms with Gasteiger partial charge in [0.2, 0.25) is 5.91 Å². The van der Waals surface area contributed by atoms with E-state index in [1.54, 1.807) is 0 Å². The zero-order chi connectivity index (χ0) is 26.8. The van der Waals surface area contributed by atoms with Crippen LogP contribution in [0.5, 0.6) is 0 Å². The highest BCUT2D eigenvalue weighted by Gasteiger charge is 2.59. The van der Waals surface area contributed by atoms with E-state index in [4.69, 9.17) is 9.47 Å². The summed E-state index contributed by atoms with van der Waals surface area (Å²) in [6.07, 6.45) is 13.3. The Morgan fingerprint density at radius 2 is 1.74 bits per heavy atom. The third kappa shape index (κ3) is 6.74. The number of hydrogen-bond acceptors (Lipinski definition) is 4. The first kappa shape index (κ1) is 28.1. The van der Waals surface area contributed by atoms with Gasteiger partial charge in [0.15, 0.2) is 0 Å². The number of hydrogen-bond donors (Lipinski definition) is 1. The predicted octanol–water partition coefficient (Wildman–Crippen LogP) is 6.75. The van der Waals surface area contributed by atoms with E-state index < -0.39 is 0 Å². The summed E-state index contributed by atoms with van der Waals surface area (Å²) in [7, 11) is 1.43. The van der Waals surface area contributed by atoms with Gasteiger partial charge in [0.05, 0.1) is 25.9 Å². The Morgan fingerprint density at radius 1 is 0.974 bits per heavy atom. The van der Waals surface area contributed by atoms with Gasteiger partial charge in [0, 0.05) is 18.3 Å². The van der Waals surface area contributed by atoms with Crippen molar-refractivity contribution in [2.24, 2.45) is 5.92 Å². The lowest BCUT2D eigenvalue weighted by Crippen LogP contribution is -2.51. The lowest BCUT2D eigenvalue weighted by Gasteiger charge is -2.39. The van der Waals surface area contributed by atoms with E-state index in [9.17, 15) is 9.59 Å². The van der Waals surface area contributed by atoms with E-state index in [1.807, 2.05) is 6.07 Å². The van der Waals surface area contributed by atoms with Crippen molar-refractivity contribution in [1.29, 1.82) is 0 Å². The van der Waals surface area contributed by atoms with E-state index >= 15 is 0 Å². The van der Waals surface area contributed by atoms with Crippen molar-refractivity contribution < 1.29 is 19.1 Å². The summed E-state index contributed by atoms with van der Waals surface area (Å²) < 4.78 is 11.1. The van der Waals surface area contributed by atoms with Crippen molar-refractivity contribution in [3.8, 4) is 11.1 Å². The van der Waals surface area contributed by atoms with Gasteiger partial charge >= 0.3 is 5.97 Å². The molecule has 0 aromatic heterocycles. The molecule has 0 unspecified atom stereocenters. The third-order valence-corrected chi connectivity index (χ3v) is 8.35. The van der Waals surface area contributed by atoms with Gasteiger partial charge < -0.3 is 14.8 Å². The van der Waals surface area contributed by atoms with Crippen LogP contribution >= 0.6 is 0 Å². The van der Waals surface area contributed by atoms with Crippen molar-refractivity contribution in [2.45, 2.75) is 88.7 Å². The second kappa shape index (κ2) is 13.7. The Bertz CT molecular complexity index is 1060. The predicted molar refractivity (Wildman–Crippen MR) is 152 cm³/mol. The molecule has 1 saturated heterocycles. The third-order valence-electron chi connectivity index (χ3n) is 8.35. The quantitative estimate of drug-likeness (QED) is 0.171. The topological polar surface area (TPSA) is 64.6 Å². The molecule has 1 aliphatic carbocycles. The van der Waals surface area contributed by atoms with Crippen LogP contribution in [0.2, 0.25) is 0 Å². The van der Waals surface area contributed by atoms with Gasteiger partial charge in [-0.3, -0.25) is 9.59 Å². The summed E-state index contributed by atoms with van der Waals surface area (Å²) in [5.41, 5.74) is 3.60. The molecule has 5 nitrogen and oxygen atoms in total. The highest BCUT2D eigenvalue weighted by Crippen LogP contribution is 2.53. The molecule has 1 amide bonds. The van der Waals surface area contributed by atoms with Crippen LogP contribution in [0.4, 0.5) is 0 Å². The number of allylic oxidation sites excluding steroid dienone is 2. The summed E-state index contributed by atoms with van der Waals surface area (Å²) in [4.78, 5) is 24.3. The van der Waals surface area contributed by atoms with E-state index in [0.717, 1.165) is 38.5 Å². The number of unbranched alkanes of at least 4 members (excludes halogenated alkanes) is 4. The molecule has 4 rings (SSSR count). The molecular formula is C33H43NO4. The maximum Gasteiger partial charge on any atom is 0.305 e. The monoisotopic (exact) mass is 517 g/mol. The Hall–Kier alpha value is -2.92. The molecule has 2 bridgehead atoms. The van der Waals surface area contributed by atoms with Crippen molar-refractivity contribution in [3.63, 3.8) is 0 Å². The second-order valence-electron chi connectivity index (χ2n) is 10.8. The Kier molecular flexibility index (Phi) is 10.2. The van der Waals surface area contributed by atoms with Gasteiger partial charge in [-0.15, -0.1) is 0 Å². The van der Waals surface area contributed by atoms with Gasteiger partial charge in [0.1, 0.15) is 0 Å². The zero-order valence-corrected chi connectivity index (χ0v) is 23.0. The number of esters is 1. The average molecular weight is 518 g/mol. The first-order valence-electron chi connectivity index (χ1n) is 14.4. The SMILES string of the molecule is CCCCCCC(=O)N[C@@H]1[C@@H]2C[C@@](c3ccc(-c4ccccc4)cc3)(CO2)[C@H]1CC=CCCCC(=O)OC. The maximum atomic E-state index is 12.9. The number of ether oxygens (including phenoxy) is 2. The minimum absolute atomic E-state index is 0.0101. The van der Waals surface area contributed by atoms with E-state index in [0.29, 0.717) is 19.4 Å². The van der Waals surface area contributed by atoms with Gasteiger partial charge in [-0.1, -0.05) is 92.9 Å². The van der Waals surface area contributed by atoms with Crippen LogP contribution in [0.3, 0.4) is 0 Å². The molecule has 204 valence electrons. The van der Waals surface area contributed by atoms with E-state index in [2.05, 4.69) is 72.9 Å². The lowest BCUT2D eigenvalue weighted by molar-refractivity contribution is -0.140. The van der Waals surface area contributed by atoms with Crippen molar-refractivity contribution in [3.05, 3.63) is 72.3 Å². The minimum atomic E-state index is -0.164. The maximum absolute atomic E-state index is 12.9. The molecule has 1 aliphatic heterocycles. The first-order valence-corrected chi connectivity index (χ1v) is 14.4. The molecule has 4 atom stereocenters. The number of carbonyl (C=O) groups excluding carboxylic acids is 2. The van der Waals surface area contributed by atoms with Crippen LogP contribution in [0.15, 0.2) is 66.7 Å². The molecule has 1 heterocycles. The van der Waals surface area contributed by atoms with Crippen LogP contribution in [0.1, 0.15) is 76.7 Å². The van der Waals surface area contributed by atoms with Crippen LogP contribution < -0.4 is 5.32 Å². The molecule has 0 spiro atoms. The molecule has 2 aliphatic rings. The van der Waals surface area contributed by atoms with Crippen LogP contribution in [-0.4, -0.2) is 37.7 Å². The molecule has 5 heteroatoms. The van der Waals surface area contributed by atoms with Gasteiger partial charge in [-0.25, -0.2) is 0 Å². The smallest absolute Gasteiger partial charge is 0.305 e. The molecule has 38 heavy (non-hydrogen) atoms. The summed E-state index contributed by atoms with van der Waals surface area (Å²) in [6, 6.07) is 19.4. The van der Waals surface area contributed by atoms with Crippen LogP contribution in [-0.2, 0) is 24.5 Å². The number of methoxy groups -OCH3 is 1. The summed E-state index contributed by atoms with van der Waals surface area (Å²) in [6.45, 7) is 2.87. The summed E-state index contributed by atoms with van der Waals surface area (Å²) >= 11 is 0. The van der Waals surface area contributed by atoms with Crippen molar-refractivity contribution in [2.75, 3.05) is 13.7 Å². The largest absolute Gasteiger partial charge is 0.469 e.